The molecule has 0 heterocycles. The number of rotatable bonds is 0. The van der Waals surface area contributed by atoms with Crippen molar-refractivity contribution in [3.63, 3.8) is 0 Å². The van der Waals surface area contributed by atoms with Gasteiger partial charge >= 0.3 is 0 Å². The predicted molar refractivity (Wildman–Crippen MR) is 44.2 cm³/mol. The highest BCUT2D eigenvalue weighted by molar-refractivity contribution is 6.02. The molecule has 0 spiro atoms. The zero-order chi connectivity index (χ0) is 7.68. The number of carbonyl (C=O) groups is 1. The van der Waals surface area contributed by atoms with Crippen LogP contribution in [-0.4, -0.2) is 5.78 Å². The molecular weight excluding hydrogens is 136 g/mol. The molecule has 0 unspecified atom stereocenters. The van der Waals surface area contributed by atoms with E-state index in [1.165, 1.54) is 5.57 Å². The number of ketones is 1. The van der Waals surface area contributed by atoms with Gasteiger partial charge in [0, 0.05) is 12.0 Å². The molecule has 0 aromatic heterocycles. The molecule has 56 valence electrons. The van der Waals surface area contributed by atoms with Crippen LogP contribution in [-0.2, 0) is 4.79 Å². The van der Waals surface area contributed by atoms with Gasteiger partial charge in [-0.1, -0.05) is 24.3 Å². The molecule has 11 heavy (non-hydrogen) atoms. The van der Waals surface area contributed by atoms with Crippen LogP contribution in [0.25, 0.3) is 0 Å². The predicted octanol–water partition coefficient (Wildman–Crippen LogP) is 2.16. The summed E-state index contributed by atoms with van der Waals surface area (Å²) in [5.41, 5.74) is 2.19. The fraction of sp³-hybridized carbons (Fsp3) is 0.300. The fourth-order valence-corrected chi connectivity index (χ4v) is 1.56. The Labute approximate surface area is 66.1 Å². The normalized spacial score (nSPS) is 22.4. The molecule has 1 fully saturated rings. The van der Waals surface area contributed by atoms with E-state index < -0.39 is 0 Å². The average Bonchev–Trinajstić information content (AvgIpc) is 2.25. The van der Waals surface area contributed by atoms with Crippen LogP contribution in [0.15, 0.2) is 35.5 Å². The summed E-state index contributed by atoms with van der Waals surface area (Å²) in [5, 5.41) is 0. The van der Waals surface area contributed by atoms with Crippen molar-refractivity contribution >= 4 is 5.78 Å². The van der Waals surface area contributed by atoms with Crippen molar-refractivity contribution in [1.82, 2.24) is 0 Å². The number of hydrogen-bond acceptors (Lipinski definition) is 1. The third kappa shape index (κ3) is 1.07. The molecule has 2 aliphatic rings. The van der Waals surface area contributed by atoms with E-state index in [9.17, 15) is 4.79 Å². The van der Waals surface area contributed by atoms with E-state index in [1.807, 2.05) is 12.2 Å². The van der Waals surface area contributed by atoms with Gasteiger partial charge in [-0.3, -0.25) is 4.79 Å². The van der Waals surface area contributed by atoms with E-state index in [2.05, 4.69) is 12.2 Å². The number of fused-ring (bicyclic) bond motifs is 1. The molecule has 0 aromatic carbocycles. The number of carbonyl (C=O) groups excluding carboxylic acids is 1. The van der Waals surface area contributed by atoms with Crippen molar-refractivity contribution in [2.24, 2.45) is 0 Å². The maximum absolute atomic E-state index is 11.2. The lowest BCUT2D eigenvalue weighted by Crippen LogP contribution is -1.91. The Bertz CT molecular complexity index is 279. The zero-order valence-electron chi connectivity index (χ0n) is 6.34. The van der Waals surface area contributed by atoms with Crippen molar-refractivity contribution in [2.75, 3.05) is 0 Å². The fourth-order valence-electron chi connectivity index (χ4n) is 1.56. The van der Waals surface area contributed by atoms with Crippen LogP contribution in [0, 0.1) is 0 Å². The Morgan fingerprint density at radius 3 is 3.09 bits per heavy atom. The Hall–Kier alpha value is -1.11. The van der Waals surface area contributed by atoms with E-state index in [0.29, 0.717) is 12.2 Å². The second-order valence-electron chi connectivity index (χ2n) is 2.90. The lowest BCUT2D eigenvalue weighted by Gasteiger charge is -1.93. The van der Waals surface area contributed by atoms with Crippen LogP contribution in [0.5, 0.6) is 0 Å². The molecule has 0 amide bonds. The topological polar surface area (TPSA) is 17.1 Å². The molecule has 1 nitrogen and oxygen atoms in total. The van der Waals surface area contributed by atoms with E-state index in [4.69, 9.17) is 0 Å². The Morgan fingerprint density at radius 1 is 1.27 bits per heavy atom. The molecule has 2 rings (SSSR count). The highest BCUT2D eigenvalue weighted by Gasteiger charge is 2.21. The van der Waals surface area contributed by atoms with Crippen LogP contribution >= 0.6 is 0 Å². The van der Waals surface area contributed by atoms with Crippen LogP contribution in [0.2, 0.25) is 0 Å². The third-order valence-corrected chi connectivity index (χ3v) is 2.16. The van der Waals surface area contributed by atoms with Crippen molar-refractivity contribution in [1.29, 1.82) is 0 Å². The number of hydrogen-bond donors (Lipinski definition) is 0. The smallest absolute Gasteiger partial charge is 0.163 e. The molecule has 1 heteroatoms. The van der Waals surface area contributed by atoms with E-state index in [-0.39, 0.29) is 0 Å². The van der Waals surface area contributed by atoms with Crippen LogP contribution in [0.4, 0.5) is 0 Å². The van der Waals surface area contributed by atoms with Gasteiger partial charge < -0.3 is 0 Å². The van der Waals surface area contributed by atoms with Crippen LogP contribution < -0.4 is 0 Å². The molecule has 0 atom stereocenters. The molecular formula is C10H10O. The standard InChI is InChI=1S/C10H10O/c11-10-7-6-8-4-2-1-3-5-9(8)10/h1-2,4-5H,3,6-7H2. The first-order valence-electron chi connectivity index (χ1n) is 3.97. The minimum atomic E-state index is 0.319. The summed E-state index contributed by atoms with van der Waals surface area (Å²) in [7, 11) is 0. The summed E-state index contributed by atoms with van der Waals surface area (Å²) >= 11 is 0. The highest BCUT2D eigenvalue weighted by Crippen LogP contribution is 2.28. The van der Waals surface area contributed by atoms with E-state index >= 15 is 0 Å². The summed E-state index contributed by atoms with van der Waals surface area (Å²) in [6.07, 6.45) is 10.8. The Morgan fingerprint density at radius 2 is 2.18 bits per heavy atom. The molecule has 0 bridgehead atoms. The van der Waals surface area contributed by atoms with Crippen molar-refractivity contribution in [2.45, 2.75) is 19.3 Å². The van der Waals surface area contributed by atoms with Gasteiger partial charge in [-0.05, 0) is 18.4 Å². The SMILES string of the molecule is O=C1CCC2=CC=CCC=C12. The van der Waals surface area contributed by atoms with E-state index in [1.54, 1.807) is 0 Å². The molecule has 0 N–H and O–H groups in total. The summed E-state index contributed by atoms with van der Waals surface area (Å²) < 4.78 is 0. The third-order valence-electron chi connectivity index (χ3n) is 2.16. The van der Waals surface area contributed by atoms with Gasteiger partial charge in [0.2, 0.25) is 0 Å². The van der Waals surface area contributed by atoms with Gasteiger partial charge in [0.25, 0.3) is 0 Å². The maximum atomic E-state index is 11.2. The number of allylic oxidation sites excluding steroid dienone is 6. The molecule has 0 radical (unpaired) electrons. The maximum Gasteiger partial charge on any atom is 0.163 e. The second-order valence-corrected chi connectivity index (χ2v) is 2.90. The molecule has 0 aliphatic heterocycles. The minimum Gasteiger partial charge on any atom is -0.294 e. The van der Waals surface area contributed by atoms with Crippen LogP contribution in [0.1, 0.15) is 19.3 Å². The van der Waals surface area contributed by atoms with Gasteiger partial charge in [-0.25, -0.2) is 0 Å². The zero-order valence-corrected chi connectivity index (χ0v) is 6.34. The first-order chi connectivity index (χ1) is 5.38. The summed E-state index contributed by atoms with van der Waals surface area (Å²) in [4.78, 5) is 11.2. The van der Waals surface area contributed by atoms with Crippen LogP contribution in [0.3, 0.4) is 0 Å². The first-order valence-corrected chi connectivity index (χ1v) is 3.97. The average molecular weight is 146 g/mol. The van der Waals surface area contributed by atoms with Crippen molar-refractivity contribution in [3.8, 4) is 0 Å². The van der Waals surface area contributed by atoms with Gasteiger partial charge in [-0.2, -0.15) is 0 Å². The Balaban J connectivity index is 2.43. The Kier molecular flexibility index (Phi) is 1.50. The van der Waals surface area contributed by atoms with Gasteiger partial charge in [0.1, 0.15) is 0 Å². The molecule has 0 aromatic rings. The second kappa shape index (κ2) is 2.50. The summed E-state index contributed by atoms with van der Waals surface area (Å²) in [5.74, 6) is 0.319. The van der Waals surface area contributed by atoms with Crippen molar-refractivity contribution < 1.29 is 4.79 Å². The highest BCUT2D eigenvalue weighted by atomic mass is 16.1. The van der Waals surface area contributed by atoms with Crippen molar-refractivity contribution in [3.05, 3.63) is 35.5 Å². The molecule has 1 saturated carbocycles. The van der Waals surface area contributed by atoms with Gasteiger partial charge in [-0.15, -0.1) is 0 Å². The van der Waals surface area contributed by atoms with E-state index in [0.717, 1.165) is 18.4 Å². The monoisotopic (exact) mass is 146 g/mol. The first kappa shape index (κ1) is 6.59. The number of Topliss-reactive ketones (excluding diaryl/α,β-unsaturated/α-hetero) is 1. The molecule has 2 aliphatic carbocycles. The largest absolute Gasteiger partial charge is 0.294 e. The lowest BCUT2D eigenvalue weighted by molar-refractivity contribution is -0.114. The summed E-state index contributed by atoms with van der Waals surface area (Å²) in [6.45, 7) is 0. The minimum absolute atomic E-state index is 0.319. The summed E-state index contributed by atoms with van der Waals surface area (Å²) in [6, 6.07) is 0. The quantitative estimate of drug-likeness (QED) is 0.511. The van der Waals surface area contributed by atoms with Gasteiger partial charge in [0.15, 0.2) is 5.78 Å². The lowest BCUT2D eigenvalue weighted by atomic mass is 10.1. The molecule has 0 saturated heterocycles. The van der Waals surface area contributed by atoms with Gasteiger partial charge in [0.05, 0.1) is 0 Å².